The monoisotopic (exact) mass is 1000 g/mol. The van der Waals surface area contributed by atoms with Crippen LogP contribution < -0.4 is 10.5 Å². The molecule has 0 saturated carbocycles. The van der Waals surface area contributed by atoms with Crippen LogP contribution in [0.4, 0.5) is 5.69 Å². The van der Waals surface area contributed by atoms with Crippen molar-refractivity contribution in [3.05, 3.63) is 247 Å². The van der Waals surface area contributed by atoms with Crippen LogP contribution in [0.25, 0.3) is 121 Å². The third kappa shape index (κ3) is 7.90. The summed E-state index contributed by atoms with van der Waals surface area (Å²) in [5, 5.41) is 8.22. The van der Waals surface area contributed by atoms with Gasteiger partial charge in [-0.15, -0.1) is 11.8 Å². The highest BCUT2D eigenvalue weighted by molar-refractivity contribution is 6.12. The summed E-state index contributed by atoms with van der Waals surface area (Å²) in [5.41, 5.74) is 17.4. The number of hydrogen-bond donors (Lipinski definition) is 0. The van der Waals surface area contributed by atoms with Crippen LogP contribution in [-0.2, 0) is 6.54 Å². The maximum Gasteiger partial charge on any atom is 0.344 e. The second kappa shape index (κ2) is 19.1. The maximum atomic E-state index is 13.7. The third-order valence-electron chi connectivity index (χ3n) is 15.5. The van der Waals surface area contributed by atoms with Crippen LogP contribution in [0.5, 0.6) is 0 Å². The van der Waals surface area contributed by atoms with Crippen LogP contribution in [-0.4, -0.2) is 26.8 Å². The molecule has 0 aliphatic rings. The van der Waals surface area contributed by atoms with Crippen molar-refractivity contribution in [3.63, 3.8) is 0 Å². The van der Waals surface area contributed by atoms with Crippen molar-refractivity contribution in [1.29, 1.82) is 0 Å². The number of benzene rings is 10. The minimum absolute atomic E-state index is 0.377. The van der Waals surface area contributed by atoms with E-state index in [-0.39, 0.29) is 5.63 Å². The maximum absolute atomic E-state index is 13.7. The van der Waals surface area contributed by atoms with Crippen molar-refractivity contribution in [1.82, 2.24) is 13.7 Å². The summed E-state index contributed by atoms with van der Waals surface area (Å²) < 4.78 is 13.1. The summed E-state index contributed by atoms with van der Waals surface area (Å²) in [6, 6.07) is 82.6. The van der Waals surface area contributed by atoms with Gasteiger partial charge in [0, 0.05) is 78.4 Å². The summed E-state index contributed by atoms with van der Waals surface area (Å²) in [5.74, 6) is 12.2. The van der Waals surface area contributed by atoms with Crippen molar-refractivity contribution in [2.75, 3.05) is 18.0 Å². The van der Waals surface area contributed by atoms with Crippen LogP contribution in [0.1, 0.15) is 19.4 Å². The third-order valence-corrected chi connectivity index (χ3v) is 15.5. The van der Waals surface area contributed by atoms with Crippen molar-refractivity contribution in [3.8, 4) is 68.4 Å². The molecule has 0 aliphatic heterocycles. The first kappa shape index (κ1) is 46.3. The molecule has 0 saturated heterocycles. The fourth-order valence-electron chi connectivity index (χ4n) is 11.7. The molecule has 0 radical (unpaired) electrons. The number of hydrogen-bond acceptors (Lipinski definition) is 3. The van der Waals surface area contributed by atoms with Crippen molar-refractivity contribution < 1.29 is 4.42 Å². The Morgan fingerprint density at radius 1 is 0.410 bits per heavy atom. The molecule has 0 amide bonds. The van der Waals surface area contributed by atoms with Gasteiger partial charge in [-0.3, -0.25) is 0 Å². The highest BCUT2D eigenvalue weighted by atomic mass is 16.4. The zero-order valence-corrected chi connectivity index (χ0v) is 43.2. The van der Waals surface area contributed by atoms with Gasteiger partial charge in [0.15, 0.2) is 0 Å². The van der Waals surface area contributed by atoms with Crippen LogP contribution in [0, 0.1) is 23.7 Å². The van der Waals surface area contributed by atoms with Gasteiger partial charge in [-0.25, -0.2) is 4.79 Å². The second-order valence-corrected chi connectivity index (χ2v) is 20.0. The van der Waals surface area contributed by atoms with E-state index in [1.54, 1.807) is 0 Å². The number of para-hydroxylation sites is 4. The minimum Gasteiger partial charge on any atom is -0.422 e. The van der Waals surface area contributed by atoms with E-state index in [1.807, 2.05) is 50.2 Å². The first-order valence-electron chi connectivity index (χ1n) is 26.4. The fourth-order valence-corrected chi connectivity index (χ4v) is 11.7. The topological polar surface area (TPSA) is 48.2 Å². The molecule has 0 spiro atoms. The summed E-state index contributed by atoms with van der Waals surface area (Å²) in [4.78, 5) is 15.7. The van der Waals surface area contributed by atoms with Crippen LogP contribution in [0.2, 0.25) is 0 Å². The number of rotatable bonds is 10. The largest absolute Gasteiger partial charge is 0.422 e. The molecular formula is C72H50N4O2. The van der Waals surface area contributed by atoms with Gasteiger partial charge in [0.05, 0.1) is 40.7 Å². The average Bonchev–Trinajstić information content (AvgIpc) is 4.34. The molecule has 0 aliphatic carbocycles. The lowest BCUT2D eigenvalue weighted by Crippen LogP contribution is -2.23. The minimum atomic E-state index is -0.377. The Bertz CT molecular complexity index is 4530. The first-order chi connectivity index (χ1) is 38.5. The molecule has 0 atom stereocenters. The van der Waals surface area contributed by atoms with Crippen molar-refractivity contribution in [2.45, 2.75) is 20.4 Å². The molecule has 4 heterocycles. The lowest BCUT2D eigenvalue weighted by Gasteiger charge is -2.20. The first-order valence-corrected chi connectivity index (χ1v) is 26.4. The summed E-state index contributed by atoms with van der Waals surface area (Å²) in [7, 11) is 0. The molecule has 14 aromatic rings. The Balaban J connectivity index is 0.827. The molecule has 14 rings (SSSR count). The summed E-state index contributed by atoms with van der Waals surface area (Å²) in [6.07, 6.45) is 0. The van der Waals surface area contributed by atoms with E-state index in [4.69, 9.17) is 4.42 Å². The highest BCUT2D eigenvalue weighted by Gasteiger charge is 2.18. The number of nitrogens with zero attached hydrogens (tertiary/aromatic N) is 4. The van der Waals surface area contributed by atoms with Gasteiger partial charge < -0.3 is 23.0 Å². The van der Waals surface area contributed by atoms with E-state index in [2.05, 4.69) is 236 Å². The van der Waals surface area contributed by atoms with Crippen molar-refractivity contribution >= 4 is 82.1 Å². The Hall–Kier alpha value is -10.3. The Morgan fingerprint density at radius 3 is 1.31 bits per heavy atom. The van der Waals surface area contributed by atoms with Crippen LogP contribution in [0.15, 0.2) is 240 Å². The van der Waals surface area contributed by atoms with E-state index in [9.17, 15) is 4.79 Å². The summed E-state index contributed by atoms with van der Waals surface area (Å²) >= 11 is 0. The predicted molar refractivity (Wildman–Crippen MR) is 325 cm³/mol. The fraction of sp³-hybridized carbons (Fsp3) is 0.0694. The molecule has 0 fully saturated rings. The normalized spacial score (nSPS) is 11.5. The molecule has 78 heavy (non-hydrogen) atoms. The van der Waals surface area contributed by atoms with E-state index >= 15 is 0 Å². The quantitative estimate of drug-likeness (QED) is 0.101. The van der Waals surface area contributed by atoms with E-state index in [1.165, 1.54) is 54.4 Å². The SMILES string of the molecule is CC#CCN(CC#CC)c1ccc2cc(-c3ccc(Cn4c5ccc(-c6ccc(-n7c8ccccc8c8ccccc87)cc6)cc5c5cc(-c6ccc(-n7c8ccccc8c8ccccc87)cc6)ccc54)cc3)c(=O)oc2c1. The number of aromatic nitrogens is 3. The lowest BCUT2D eigenvalue weighted by atomic mass is 10.00. The van der Waals surface area contributed by atoms with Gasteiger partial charge in [-0.2, -0.15) is 0 Å². The Morgan fingerprint density at radius 2 is 0.846 bits per heavy atom. The van der Waals surface area contributed by atoms with E-state index in [0.717, 1.165) is 66.9 Å². The van der Waals surface area contributed by atoms with Gasteiger partial charge in [0.25, 0.3) is 0 Å². The number of anilines is 1. The Labute approximate surface area is 451 Å². The lowest BCUT2D eigenvalue weighted by molar-refractivity contribution is 0.563. The molecule has 0 bridgehead atoms. The van der Waals surface area contributed by atoms with E-state index in [0.29, 0.717) is 30.8 Å². The molecule has 0 N–H and O–H groups in total. The van der Waals surface area contributed by atoms with E-state index < -0.39 is 0 Å². The molecule has 370 valence electrons. The molecule has 6 nitrogen and oxygen atoms in total. The average molecular weight is 1000 g/mol. The molecule has 6 heteroatoms. The highest BCUT2D eigenvalue weighted by Crippen LogP contribution is 2.39. The molecule has 10 aromatic carbocycles. The van der Waals surface area contributed by atoms with Gasteiger partial charge in [-0.1, -0.05) is 145 Å². The zero-order chi connectivity index (χ0) is 52.3. The molecule has 4 aromatic heterocycles. The molecular weight excluding hydrogens is 953 g/mol. The van der Waals surface area contributed by atoms with Gasteiger partial charge in [0.1, 0.15) is 5.58 Å². The molecule has 0 unspecified atom stereocenters. The van der Waals surface area contributed by atoms with Gasteiger partial charge >= 0.3 is 5.63 Å². The predicted octanol–water partition coefficient (Wildman–Crippen LogP) is 17.0. The zero-order valence-electron chi connectivity index (χ0n) is 43.2. The van der Waals surface area contributed by atoms with Crippen LogP contribution >= 0.6 is 0 Å². The van der Waals surface area contributed by atoms with Crippen molar-refractivity contribution in [2.24, 2.45) is 0 Å². The van der Waals surface area contributed by atoms with Crippen LogP contribution in [0.3, 0.4) is 0 Å². The van der Waals surface area contributed by atoms with Gasteiger partial charge in [-0.05, 0) is 138 Å². The second-order valence-electron chi connectivity index (χ2n) is 20.0. The standard InChI is InChI=1S/C72H50N4O2/c1-3-5-41-73(42-6-4-2)57-38-31-54-45-62(72(77)78-71(54)46-57)51-25-23-48(24-26-51)47-74-65-39-32-52(49-27-34-55(35-28-49)75-67-19-11-7-15-58(67)59-16-8-12-20-68(59)75)43-63(65)64-44-53(33-40-66(64)74)50-29-36-56(37-30-50)76-69-21-13-9-17-60(69)61-18-10-14-22-70(61)76/h7-40,43-46H,41-42,47H2,1-2H3. The smallest absolute Gasteiger partial charge is 0.344 e. The summed E-state index contributed by atoms with van der Waals surface area (Å²) in [6.45, 7) is 5.35. The Kier molecular flexibility index (Phi) is 11.4. The number of fused-ring (bicyclic) bond motifs is 10. The van der Waals surface area contributed by atoms with Gasteiger partial charge in [0.2, 0.25) is 0 Å².